The number of benzene rings is 1. The maximum atomic E-state index is 12.5. The molecule has 0 spiro atoms. The van der Waals surface area contributed by atoms with E-state index in [4.69, 9.17) is 0 Å². The molecule has 20 heavy (non-hydrogen) atoms. The van der Waals surface area contributed by atoms with Gasteiger partial charge >= 0.3 is 0 Å². The van der Waals surface area contributed by atoms with Crippen molar-refractivity contribution in [2.45, 2.75) is 44.6 Å². The second-order valence-electron chi connectivity index (χ2n) is 5.39. The Balaban J connectivity index is 0.00000200. The summed E-state index contributed by atoms with van der Waals surface area (Å²) in [5.74, 6) is 0. The zero-order valence-corrected chi connectivity index (χ0v) is 13.8. The van der Waals surface area contributed by atoms with E-state index in [1.54, 1.807) is 0 Å². The van der Waals surface area contributed by atoms with Crippen LogP contribution in [0.5, 0.6) is 0 Å². The average Bonchev–Trinajstić information content (AvgIpc) is 2.27. The number of halogens is 1. The van der Waals surface area contributed by atoms with Gasteiger partial charge in [0.2, 0.25) is 10.0 Å². The molecule has 0 amide bonds. The minimum absolute atomic E-state index is 0. The first-order valence-corrected chi connectivity index (χ1v) is 8.19. The summed E-state index contributed by atoms with van der Waals surface area (Å²) >= 11 is 0. The molecule has 1 fully saturated rings. The summed E-state index contributed by atoms with van der Waals surface area (Å²) in [6.45, 7) is 7.38. The standard InChI is InChI=1S/C14H22N2O2S.ClH/c1-10-7-11(2)14(12(3)8-10)19(17,18)16-13-5-4-6-15-9-13;/h7-8,13,15-16H,4-6,9H2,1-3H3;1H. The van der Waals surface area contributed by atoms with Crippen molar-refractivity contribution in [3.05, 3.63) is 28.8 Å². The molecule has 1 aromatic carbocycles. The van der Waals surface area contributed by atoms with Crippen molar-refractivity contribution in [3.63, 3.8) is 0 Å². The smallest absolute Gasteiger partial charge is 0.241 e. The van der Waals surface area contributed by atoms with Crippen LogP contribution in [0.2, 0.25) is 0 Å². The first kappa shape index (κ1) is 17.4. The van der Waals surface area contributed by atoms with Crippen LogP contribution in [0.25, 0.3) is 0 Å². The van der Waals surface area contributed by atoms with Gasteiger partial charge in [-0.3, -0.25) is 0 Å². The van der Waals surface area contributed by atoms with Gasteiger partial charge in [0.1, 0.15) is 0 Å². The number of hydrogen-bond donors (Lipinski definition) is 2. The van der Waals surface area contributed by atoms with Crippen LogP contribution in [-0.4, -0.2) is 27.5 Å². The highest BCUT2D eigenvalue weighted by molar-refractivity contribution is 7.89. The number of hydrogen-bond acceptors (Lipinski definition) is 3. The van der Waals surface area contributed by atoms with Gasteiger partial charge in [0.15, 0.2) is 0 Å². The van der Waals surface area contributed by atoms with E-state index in [0.29, 0.717) is 11.4 Å². The Labute approximate surface area is 127 Å². The fourth-order valence-corrected chi connectivity index (χ4v) is 4.54. The van der Waals surface area contributed by atoms with Gasteiger partial charge in [-0.15, -0.1) is 12.4 Å². The fourth-order valence-electron chi connectivity index (χ4n) is 2.82. The topological polar surface area (TPSA) is 58.2 Å². The minimum Gasteiger partial charge on any atom is -0.315 e. The third-order valence-corrected chi connectivity index (χ3v) is 5.32. The summed E-state index contributed by atoms with van der Waals surface area (Å²) in [6, 6.07) is 3.83. The van der Waals surface area contributed by atoms with E-state index in [1.807, 2.05) is 32.9 Å². The lowest BCUT2D eigenvalue weighted by atomic mass is 10.1. The number of sulfonamides is 1. The number of rotatable bonds is 3. The second-order valence-corrected chi connectivity index (χ2v) is 7.04. The molecular weight excluding hydrogens is 296 g/mol. The van der Waals surface area contributed by atoms with Crippen molar-refractivity contribution < 1.29 is 8.42 Å². The minimum atomic E-state index is -3.43. The number of piperidine rings is 1. The highest BCUT2D eigenvalue weighted by atomic mass is 35.5. The normalized spacial score (nSPS) is 19.4. The molecule has 1 aliphatic rings. The third-order valence-electron chi connectivity index (χ3n) is 3.49. The van der Waals surface area contributed by atoms with Crippen molar-refractivity contribution in [1.82, 2.24) is 10.0 Å². The third kappa shape index (κ3) is 3.95. The Hall–Kier alpha value is -0.620. The first-order chi connectivity index (χ1) is 8.90. The maximum absolute atomic E-state index is 12.5. The zero-order valence-electron chi connectivity index (χ0n) is 12.2. The van der Waals surface area contributed by atoms with Crippen LogP contribution in [0.3, 0.4) is 0 Å². The van der Waals surface area contributed by atoms with Crippen molar-refractivity contribution in [1.29, 1.82) is 0 Å². The molecule has 4 nitrogen and oxygen atoms in total. The SMILES string of the molecule is Cc1cc(C)c(S(=O)(=O)NC2CCCNC2)c(C)c1.Cl. The monoisotopic (exact) mass is 318 g/mol. The Kier molecular flexibility index (Phi) is 6.01. The molecule has 1 saturated heterocycles. The Morgan fingerprint density at radius 2 is 1.80 bits per heavy atom. The molecule has 0 saturated carbocycles. The number of nitrogens with one attached hydrogen (secondary N) is 2. The van der Waals surface area contributed by atoms with Gasteiger partial charge in [0.05, 0.1) is 4.90 Å². The molecule has 0 radical (unpaired) electrons. The lowest BCUT2D eigenvalue weighted by Crippen LogP contribution is -2.45. The van der Waals surface area contributed by atoms with Crippen molar-refractivity contribution in [2.24, 2.45) is 0 Å². The van der Waals surface area contributed by atoms with Crippen molar-refractivity contribution in [2.75, 3.05) is 13.1 Å². The predicted octanol–water partition coefficient (Wildman–Crippen LogP) is 2.06. The molecule has 1 atom stereocenters. The van der Waals surface area contributed by atoms with E-state index < -0.39 is 10.0 Å². The van der Waals surface area contributed by atoms with Crippen LogP contribution >= 0.6 is 12.4 Å². The Morgan fingerprint density at radius 1 is 1.20 bits per heavy atom. The second kappa shape index (κ2) is 6.89. The molecular formula is C14H23ClN2O2S. The van der Waals surface area contributed by atoms with E-state index in [-0.39, 0.29) is 18.4 Å². The summed E-state index contributed by atoms with van der Waals surface area (Å²) in [5, 5.41) is 3.22. The summed E-state index contributed by atoms with van der Waals surface area (Å²) in [6.07, 6.45) is 1.91. The van der Waals surface area contributed by atoms with E-state index in [1.165, 1.54) is 0 Å². The van der Waals surface area contributed by atoms with Gasteiger partial charge in [-0.25, -0.2) is 13.1 Å². The lowest BCUT2D eigenvalue weighted by Gasteiger charge is -2.24. The molecule has 114 valence electrons. The van der Waals surface area contributed by atoms with Crippen LogP contribution in [0.15, 0.2) is 17.0 Å². The van der Waals surface area contributed by atoms with Gasteiger partial charge in [-0.1, -0.05) is 17.7 Å². The van der Waals surface area contributed by atoms with Gasteiger partial charge in [-0.2, -0.15) is 0 Å². The van der Waals surface area contributed by atoms with Crippen LogP contribution in [0, 0.1) is 20.8 Å². The molecule has 0 aromatic heterocycles. The molecule has 1 aromatic rings. The van der Waals surface area contributed by atoms with E-state index >= 15 is 0 Å². The Morgan fingerprint density at radius 3 is 2.30 bits per heavy atom. The fraction of sp³-hybridized carbons (Fsp3) is 0.571. The highest BCUT2D eigenvalue weighted by Crippen LogP contribution is 2.22. The molecule has 1 heterocycles. The summed E-state index contributed by atoms with van der Waals surface area (Å²) < 4.78 is 27.9. The van der Waals surface area contributed by atoms with E-state index in [0.717, 1.165) is 36.1 Å². The van der Waals surface area contributed by atoms with E-state index in [9.17, 15) is 8.42 Å². The number of aryl methyl sites for hydroxylation is 3. The molecule has 0 aliphatic carbocycles. The molecule has 2 rings (SSSR count). The van der Waals surface area contributed by atoms with Crippen LogP contribution in [0.4, 0.5) is 0 Å². The van der Waals surface area contributed by atoms with Crippen LogP contribution in [-0.2, 0) is 10.0 Å². The largest absolute Gasteiger partial charge is 0.315 e. The predicted molar refractivity (Wildman–Crippen MR) is 84.1 cm³/mol. The quantitative estimate of drug-likeness (QED) is 0.897. The zero-order chi connectivity index (χ0) is 14.0. The molecule has 2 N–H and O–H groups in total. The molecule has 0 bridgehead atoms. The van der Waals surface area contributed by atoms with Gasteiger partial charge in [0.25, 0.3) is 0 Å². The Bertz CT molecular complexity index is 544. The summed E-state index contributed by atoms with van der Waals surface area (Å²) in [5.41, 5.74) is 2.72. The van der Waals surface area contributed by atoms with Crippen molar-refractivity contribution in [3.8, 4) is 0 Å². The molecule has 1 aliphatic heterocycles. The van der Waals surface area contributed by atoms with Gasteiger partial charge < -0.3 is 5.32 Å². The first-order valence-electron chi connectivity index (χ1n) is 6.71. The van der Waals surface area contributed by atoms with Gasteiger partial charge in [0, 0.05) is 12.6 Å². The summed E-state index contributed by atoms with van der Waals surface area (Å²) in [7, 11) is -3.43. The van der Waals surface area contributed by atoms with Crippen LogP contribution in [0.1, 0.15) is 29.5 Å². The molecule has 1 unspecified atom stereocenters. The van der Waals surface area contributed by atoms with Crippen molar-refractivity contribution >= 4 is 22.4 Å². The highest BCUT2D eigenvalue weighted by Gasteiger charge is 2.24. The molecule has 6 heteroatoms. The average molecular weight is 319 g/mol. The maximum Gasteiger partial charge on any atom is 0.241 e. The van der Waals surface area contributed by atoms with Crippen LogP contribution < -0.4 is 10.0 Å². The lowest BCUT2D eigenvalue weighted by molar-refractivity contribution is 0.428. The summed E-state index contributed by atoms with van der Waals surface area (Å²) in [4.78, 5) is 0.434. The van der Waals surface area contributed by atoms with Gasteiger partial charge in [-0.05, 0) is 51.3 Å². The van der Waals surface area contributed by atoms with E-state index in [2.05, 4.69) is 10.0 Å².